The summed E-state index contributed by atoms with van der Waals surface area (Å²) in [5.74, 6) is -0.690. The zero-order chi connectivity index (χ0) is 23.8. The fourth-order valence-electron chi connectivity index (χ4n) is 5.33. The number of hydrogen-bond acceptors (Lipinski definition) is 2. The SMILES string of the molecule is NC(=O)CC1CC2(CCN(C(=O)/C=C/c3ccccc3C(F)(F)F)CC2)c2c(Cl)cccc21. The van der Waals surface area contributed by atoms with Crippen LogP contribution in [0.4, 0.5) is 13.2 Å². The minimum absolute atomic E-state index is 0.00258. The number of primary amides is 1. The fourth-order valence-corrected chi connectivity index (χ4v) is 5.71. The largest absolute Gasteiger partial charge is 0.416 e. The van der Waals surface area contributed by atoms with Gasteiger partial charge in [0.2, 0.25) is 11.8 Å². The van der Waals surface area contributed by atoms with Crippen molar-refractivity contribution in [3.8, 4) is 0 Å². The molecule has 4 rings (SSSR count). The number of carbonyl (C=O) groups is 2. The van der Waals surface area contributed by atoms with Crippen molar-refractivity contribution < 1.29 is 22.8 Å². The number of nitrogens with zero attached hydrogens (tertiary/aromatic N) is 1. The molecular weight excluding hydrogens is 453 g/mol. The predicted octanol–water partition coefficient (Wildman–Crippen LogP) is 5.30. The number of carbonyl (C=O) groups excluding carboxylic acids is 2. The lowest BCUT2D eigenvalue weighted by Gasteiger charge is -2.40. The van der Waals surface area contributed by atoms with Gasteiger partial charge in [0.1, 0.15) is 0 Å². The van der Waals surface area contributed by atoms with E-state index >= 15 is 0 Å². The van der Waals surface area contributed by atoms with Crippen molar-refractivity contribution >= 4 is 29.5 Å². The van der Waals surface area contributed by atoms with E-state index in [1.165, 1.54) is 30.4 Å². The zero-order valence-corrected chi connectivity index (χ0v) is 18.6. The molecule has 0 radical (unpaired) electrons. The molecule has 1 saturated heterocycles. The van der Waals surface area contributed by atoms with Gasteiger partial charge >= 0.3 is 6.18 Å². The second kappa shape index (κ2) is 8.86. The molecule has 0 bridgehead atoms. The van der Waals surface area contributed by atoms with Gasteiger partial charge in [-0.2, -0.15) is 13.2 Å². The van der Waals surface area contributed by atoms with Crippen molar-refractivity contribution in [3.05, 3.63) is 75.8 Å². The van der Waals surface area contributed by atoms with Gasteiger partial charge in [0.25, 0.3) is 0 Å². The number of fused-ring (bicyclic) bond motifs is 2. The lowest BCUT2D eigenvalue weighted by Crippen LogP contribution is -2.44. The number of alkyl halides is 3. The van der Waals surface area contributed by atoms with E-state index in [0.29, 0.717) is 31.0 Å². The van der Waals surface area contributed by atoms with Crippen molar-refractivity contribution in [2.75, 3.05) is 13.1 Å². The Labute approximate surface area is 195 Å². The van der Waals surface area contributed by atoms with Gasteiger partial charge in [0.15, 0.2) is 0 Å². The summed E-state index contributed by atoms with van der Waals surface area (Å²) in [5.41, 5.74) is 6.49. The Bertz CT molecular complexity index is 1110. The molecule has 4 nitrogen and oxygen atoms in total. The monoisotopic (exact) mass is 476 g/mol. The lowest BCUT2D eigenvalue weighted by molar-refractivity contribution is -0.137. The highest BCUT2D eigenvalue weighted by atomic mass is 35.5. The average Bonchev–Trinajstić information content (AvgIpc) is 3.05. The van der Waals surface area contributed by atoms with Gasteiger partial charge in [0.05, 0.1) is 5.56 Å². The van der Waals surface area contributed by atoms with E-state index in [2.05, 4.69) is 0 Å². The average molecular weight is 477 g/mol. The molecule has 0 aromatic heterocycles. The summed E-state index contributed by atoms with van der Waals surface area (Å²) in [6.45, 7) is 0.913. The Kier molecular flexibility index (Phi) is 6.27. The minimum Gasteiger partial charge on any atom is -0.370 e. The maximum Gasteiger partial charge on any atom is 0.416 e. The quantitative estimate of drug-likeness (QED) is 0.609. The topological polar surface area (TPSA) is 63.4 Å². The van der Waals surface area contributed by atoms with Gasteiger partial charge in [-0.1, -0.05) is 41.9 Å². The molecule has 1 spiro atoms. The number of benzene rings is 2. The number of amides is 2. The van der Waals surface area contributed by atoms with Gasteiger partial charge in [-0.15, -0.1) is 0 Å². The van der Waals surface area contributed by atoms with Crippen LogP contribution < -0.4 is 5.73 Å². The highest BCUT2D eigenvalue weighted by molar-refractivity contribution is 6.31. The third-order valence-electron chi connectivity index (χ3n) is 6.80. The second-order valence-corrected chi connectivity index (χ2v) is 9.21. The third kappa shape index (κ3) is 4.64. The summed E-state index contributed by atoms with van der Waals surface area (Å²) in [7, 11) is 0. The molecule has 2 aromatic rings. The molecule has 0 saturated carbocycles. The first-order chi connectivity index (χ1) is 15.6. The Hall–Kier alpha value is -2.80. The van der Waals surface area contributed by atoms with Crippen LogP contribution in [0, 0.1) is 0 Å². The summed E-state index contributed by atoms with van der Waals surface area (Å²) in [5, 5.41) is 0.655. The Balaban J connectivity index is 1.49. The van der Waals surface area contributed by atoms with Crippen LogP contribution in [0.5, 0.6) is 0 Å². The summed E-state index contributed by atoms with van der Waals surface area (Å²) in [6.07, 6.45) is 0.257. The molecule has 1 heterocycles. The number of piperidine rings is 1. The standard InChI is InChI=1S/C25H24ClF3N2O2/c26-20-7-3-5-18-17(14-21(30)32)15-24(23(18)20)10-12-31(13-11-24)22(33)9-8-16-4-1-2-6-19(16)25(27,28)29/h1-9,17H,10-15H2,(H2,30,32)/b9-8+. The van der Waals surface area contributed by atoms with Crippen LogP contribution in [-0.2, 0) is 21.2 Å². The van der Waals surface area contributed by atoms with E-state index in [4.69, 9.17) is 17.3 Å². The van der Waals surface area contributed by atoms with E-state index in [1.807, 2.05) is 18.2 Å². The van der Waals surface area contributed by atoms with Crippen LogP contribution in [0.15, 0.2) is 48.5 Å². The van der Waals surface area contributed by atoms with Gasteiger partial charge in [0, 0.05) is 36.0 Å². The first kappa shape index (κ1) is 23.4. The lowest BCUT2D eigenvalue weighted by atomic mass is 9.73. The van der Waals surface area contributed by atoms with Crippen LogP contribution in [0.25, 0.3) is 6.08 Å². The molecule has 8 heteroatoms. The molecular formula is C25H24ClF3N2O2. The van der Waals surface area contributed by atoms with Crippen molar-refractivity contribution in [1.29, 1.82) is 0 Å². The number of nitrogens with two attached hydrogens (primary N) is 1. The molecule has 174 valence electrons. The first-order valence-corrected chi connectivity index (χ1v) is 11.2. The summed E-state index contributed by atoms with van der Waals surface area (Å²) >= 11 is 6.56. The van der Waals surface area contributed by atoms with Gasteiger partial charge in [-0.3, -0.25) is 9.59 Å². The number of likely N-dealkylation sites (tertiary alicyclic amines) is 1. The zero-order valence-electron chi connectivity index (χ0n) is 17.9. The molecule has 1 atom stereocenters. The summed E-state index contributed by atoms with van der Waals surface area (Å²) < 4.78 is 39.6. The number of rotatable bonds is 4. The highest BCUT2D eigenvalue weighted by Crippen LogP contribution is 2.54. The third-order valence-corrected chi connectivity index (χ3v) is 7.12. The second-order valence-electron chi connectivity index (χ2n) is 8.80. The van der Waals surface area contributed by atoms with Crippen molar-refractivity contribution in [2.24, 2.45) is 5.73 Å². The molecule has 1 aliphatic carbocycles. The summed E-state index contributed by atoms with van der Waals surface area (Å²) in [4.78, 5) is 26.0. The van der Waals surface area contributed by atoms with E-state index < -0.39 is 11.7 Å². The maximum absolute atomic E-state index is 13.2. The first-order valence-electron chi connectivity index (χ1n) is 10.8. The molecule has 1 unspecified atom stereocenters. The normalized spacial score (nSPS) is 19.8. The van der Waals surface area contributed by atoms with Crippen molar-refractivity contribution in [2.45, 2.75) is 43.2 Å². The predicted molar refractivity (Wildman–Crippen MR) is 121 cm³/mol. The van der Waals surface area contributed by atoms with Crippen LogP contribution in [-0.4, -0.2) is 29.8 Å². The Morgan fingerprint density at radius 2 is 1.82 bits per heavy atom. The van der Waals surface area contributed by atoms with E-state index in [9.17, 15) is 22.8 Å². The van der Waals surface area contributed by atoms with Crippen LogP contribution >= 0.6 is 11.6 Å². The molecule has 33 heavy (non-hydrogen) atoms. The molecule has 1 fully saturated rings. The Morgan fingerprint density at radius 1 is 1.12 bits per heavy atom. The van der Waals surface area contributed by atoms with E-state index in [0.717, 1.165) is 23.6 Å². The smallest absolute Gasteiger partial charge is 0.370 e. The van der Waals surface area contributed by atoms with Crippen molar-refractivity contribution in [3.63, 3.8) is 0 Å². The van der Waals surface area contributed by atoms with E-state index in [-0.39, 0.29) is 35.1 Å². The molecule has 2 amide bonds. The van der Waals surface area contributed by atoms with E-state index in [1.54, 1.807) is 4.90 Å². The van der Waals surface area contributed by atoms with Gasteiger partial charge in [-0.05, 0) is 60.1 Å². The molecule has 1 aliphatic heterocycles. The number of hydrogen-bond donors (Lipinski definition) is 1. The minimum atomic E-state index is -4.49. The number of halogens is 4. The van der Waals surface area contributed by atoms with Gasteiger partial charge < -0.3 is 10.6 Å². The van der Waals surface area contributed by atoms with Crippen LogP contribution in [0.3, 0.4) is 0 Å². The molecule has 2 aliphatic rings. The van der Waals surface area contributed by atoms with Crippen LogP contribution in [0.1, 0.15) is 53.9 Å². The fraction of sp³-hybridized carbons (Fsp3) is 0.360. The van der Waals surface area contributed by atoms with Crippen molar-refractivity contribution in [1.82, 2.24) is 4.90 Å². The maximum atomic E-state index is 13.2. The molecule has 2 N–H and O–H groups in total. The molecule has 2 aromatic carbocycles. The summed E-state index contributed by atoms with van der Waals surface area (Å²) in [6, 6.07) is 10.9. The highest BCUT2D eigenvalue weighted by Gasteiger charge is 2.47. The Morgan fingerprint density at radius 3 is 2.48 bits per heavy atom. The van der Waals surface area contributed by atoms with Crippen LogP contribution in [0.2, 0.25) is 5.02 Å². The van der Waals surface area contributed by atoms with Gasteiger partial charge in [-0.25, -0.2) is 0 Å².